The Hall–Kier alpha value is -0.480. The summed E-state index contributed by atoms with van der Waals surface area (Å²) in [5.41, 5.74) is 1.05. The van der Waals surface area contributed by atoms with Crippen molar-refractivity contribution in [2.24, 2.45) is 7.05 Å². The SMILES string of the molecule is Cc1cc(S[C@@H]2CCCC[C@H]2O)n(C)n1. The first kappa shape index (κ1) is 11.0. The minimum Gasteiger partial charge on any atom is -0.392 e. The van der Waals surface area contributed by atoms with Gasteiger partial charge in [0, 0.05) is 12.3 Å². The summed E-state index contributed by atoms with van der Waals surface area (Å²) in [5.74, 6) is 0. The van der Waals surface area contributed by atoms with Gasteiger partial charge in [-0.3, -0.25) is 4.68 Å². The summed E-state index contributed by atoms with van der Waals surface area (Å²) in [6.07, 6.45) is 4.35. The molecule has 1 heterocycles. The molecule has 1 aliphatic carbocycles. The Labute approximate surface area is 94.9 Å². The van der Waals surface area contributed by atoms with Gasteiger partial charge in [-0.1, -0.05) is 12.8 Å². The van der Waals surface area contributed by atoms with Crippen molar-refractivity contribution >= 4 is 11.8 Å². The van der Waals surface area contributed by atoms with E-state index in [1.807, 2.05) is 18.7 Å². The summed E-state index contributed by atoms with van der Waals surface area (Å²) >= 11 is 1.77. The van der Waals surface area contributed by atoms with Crippen LogP contribution in [0.25, 0.3) is 0 Å². The first-order valence-electron chi connectivity index (χ1n) is 5.52. The van der Waals surface area contributed by atoms with E-state index >= 15 is 0 Å². The molecule has 0 unspecified atom stereocenters. The molecular weight excluding hydrogens is 208 g/mol. The average Bonchev–Trinajstić information content (AvgIpc) is 2.49. The third kappa shape index (κ3) is 2.55. The Morgan fingerprint density at radius 3 is 2.80 bits per heavy atom. The van der Waals surface area contributed by atoms with Crippen LogP contribution in [-0.4, -0.2) is 26.2 Å². The van der Waals surface area contributed by atoms with Gasteiger partial charge in [0.1, 0.15) is 0 Å². The molecule has 1 aromatic rings. The minimum absolute atomic E-state index is 0.140. The van der Waals surface area contributed by atoms with Crippen molar-refractivity contribution in [3.63, 3.8) is 0 Å². The molecular formula is C11H18N2OS. The van der Waals surface area contributed by atoms with Crippen LogP contribution in [0, 0.1) is 6.92 Å². The molecule has 2 atom stereocenters. The summed E-state index contributed by atoms with van der Waals surface area (Å²) < 4.78 is 1.90. The van der Waals surface area contributed by atoms with Crippen molar-refractivity contribution in [1.82, 2.24) is 9.78 Å². The molecule has 1 aliphatic rings. The summed E-state index contributed by atoms with van der Waals surface area (Å²) in [5, 5.41) is 15.7. The average molecular weight is 226 g/mol. The lowest BCUT2D eigenvalue weighted by Gasteiger charge is -2.26. The summed E-state index contributed by atoms with van der Waals surface area (Å²) in [4.78, 5) is 0. The molecule has 3 nitrogen and oxygen atoms in total. The molecule has 0 aromatic carbocycles. The van der Waals surface area contributed by atoms with Crippen LogP contribution in [0.15, 0.2) is 11.1 Å². The fourth-order valence-corrected chi connectivity index (χ4v) is 3.39. The zero-order valence-corrected chi connectivity index (χ0v) is 10.1. The van der Waals surface area contributed by atoms with Gasteiger partial charge in [0.15, 0.2) is 0 Å². The third-order valence-corrected chi connectivity index (χ3v) is 4.38. The molecule has 0 spiro atoms. The molecule has 2 rings (SSSR count). The van der Waals surface area contributed by atoms with E-state index in [4.69, 9.17) is 0 Å². The Morgan fingerprint density at radius 2 is 2.20 bits per heavy atom. The van der Waals surface area contributed by atoms with Crippen molar-refractivity contribution in [2.45, 2.75) is 49.0 Å². The molecule has 1 fully saturated rings. The van der Waals surface area contributed by atoms with E-state index in [1.54, 1.807) is 11.8 Å². The molecule has 0 aliphatic heterocycles. The summed E-state index contributed by atoms with van der Waals surface area (Å²) in [6.45, 7) is 2.00. The van der Waals surface area contributed by atoms with E-state index in [0.717, 1.165) is 18.5 Å². The highest BCUT2D eigenvalue weighted by Crippen LogP contribution is 2.33. The molecule has 0 saturated heterocycles. The fourth-order valence-electron chi connectivity index (χ4n) is 2.07. The van der Waals surface area contributed by atoms with Crippen LogP contribution in [0.3, 0.4) is 0 Å². The van der Waals surface area contributed by atoms with Crippen LogP contribution >= 0.6 is 11.8 Å². The van der Waals surface area contributed by atoms with E-state index in [0.29, 0.717) is 5.25 Å². The maximum atomic E-state index is 9.88. The Morgan fingerprint density at radius 1 is 1.47 bits per heavy atom. The lowest BCUT2D eigenvalue weighted by molar-refractivity contribution is 0.137. The number of hydrogen-bond donors (Lipinski definition) is 1. The van der Waals surface area contributed by atoms with Crippen LogP contribution in [0.1, 0.15) is 31.4 Å². The predicted octanol–water partition coefficient (Wildman–Crippen LogP) is 2.12. The predicted molar refractivity (Wildman–Crippen MR) is 62.1 cm³/mol. The number of nitrogens with zero attached hydrogens (tertiary/aromatic N) is 2. The van der Waals surface area contributed by atoms with E-state index < -0.39 is 0 Å². The second-order valence-corrected chi connectivity index (χ2v) is 5.52. The Kier molecular flexibility index (Phi) is 3.36. The number of aromatic nitrogens is 2. The van der Waals surface area contributed by atoms with Gasteiger partial charge in [0.25, 0.3) is 0 Å². The topological polar surface area (TPSA) is 38.0 Å². The van der Waals surface area contributed by atoms with Gasteiger partial charge >= 0.3 is 0 Å². The number of rotatable bonds is 2. The van der Waals surface area contributed by atoms with Crippen molar-refractivity contribution in [2.75, 3.05) is 0 Å². The molecule has 1 N–H and O–H groups in total. The van der Waals surface area contributed by atoms with Crippen molar-refractivity contribution < 1.29 is 5.11 Å². The van der Waals surface area contributed by atoms with Gasteiger partial charge in [-0.05, 0) is 25.8 Å². The molecule has 15 heavy (non-hydrogen) atoms. The number of aliphatic hydroxyl groups is 1. The van der Waals surface area contributed by atoms with Crippen LogP contribution in [-0.2, 0) is 7.05 Å². The second kappa shape index (κ2) is 4.58. The summed E-state index contributed by atoms with van der Waals surface area (Å²) in [7, 11) is 1.96. The van der Waals surface area contributed by atoms with Crippen LogP contribution in [0.4, 0.5) is 0 Å². The standard InChI is InChI=1S/C11H18N2OS/c1-8-7-11(13(2)12-8)15-10-6-4-3-5-9(10)14/h7,9-10,14H,3-6H2,1-2H3/t9-,10-/m1/s1. The molecule has 1 saturated carbocycles. The first-order chi connectivity index (χ1) is 7.16. The largest absolute Gasteiger partial charge is 0.392 e. The summed E-state index contributed by atoms with van der Waals surface area (Å²) in [6, 6.07) is 2.09. The number of aryl methyl sites for hydroxylation is 2. The highest BCUT2D eigenvalue weighted by Gasteiger charge is 2.24. The molecule has 1 aromatic heterocycles. The first-order valence-corrected chi connectivity index (χ1v) is 6.40. The maximum Gasteiger partial charge on any atom is 0.0942 e. The molecule has 4 heteroatoms. The van der Waals surface area contributed by atoms with Crippen molar-refractivity contribution in [3.05, 3.63) is 11.8 Å². The number of hydrogen-bond acceptors (Lipinski definition) is 3. The Balaban J connectivity index is 2.04. The van der Waals surface area contributed by atoms with Gasteiger partial charge in [-0.25, -0.2) is 0 Å². The monoisotopic (exact) mass is 226 g/mol. The van der Waals surface area contributed by atoms with Crippen molar-refractivity contribution in [1.29, 1.82) is 0 Å². The van der Waals surface area contributed by atoms with Gasteiger partial charge in [0.2, 0.25) is 0 Å². The van der Waals surface area contributed by atoms with E-state index in [-0.39, 0.29) is 6.10 Å². The van der Waals surface area contributed by atoms with Gasteiger partial charge in [0.05, 0.1) is 16.8 Å². The Bertz CT molecular complexity index is 337. The van der Waals surface area contributed by atoms with Gasteiger partial charge < -0.3 is 5.11 Å². The molecule has 0 bridgehead atoms. The quantitative estimate of drug-likeness (QED) is 0.839. The fraction of sp³-hybridized carbons (Fsp3) is 0.727. The normalized spacial score (nSPS) is 26.9. The minimum atomic E-state index is -0.140. The zero-order valence-electron chi connectivity index (χ0n) is 9.31. The van der Waals surface area contributed by atoms with Crippen LogP contribution in [0.2, 0.25) is 0 Å². The smallest absolute Gasteiger partial charge is 0.0942 e. The number of aliphatic hydroxyl groups excluding tert-OH is 1. The van der Waals surface area contributed by atoms with E-state index in [9.17, 15) is 5.11 Å². The molecule has 84 valence electrons. The van der Waals surface area contributed by atoms with Crippen LogP contribution < -0.4 is 0 Å². The van der Waals surface area contributed by atoms with E-state index in [1.165, 1.54) is 17.9 Å². The van der Waals surface area contributed by atoms with Gasteiger partial charge in [-0.15, -0.1) is 11.8 Å². The van der Waals surface area contributed by atoms with Crippen LogP contribution in [0.5, 0.6) is 0 Å². The lowest BCUT2D eigenvalue weighted by Crippen LogP contribution is -2.26. The van der Waals surface area contributed by atoms with Gasteiger partial charge in [-0.2, -0.15) is 5.10 Å². The maximum absolute atomic E-state index is 9.88. The number of thioether (sulfide) groups is 1. The third-order valence-electron chi connectivity index (χ3n) is 2.90. The highest BCUT2D eigenvalue weighted by atomic mass is 32.2. The van der Waals surface area contributed by atoms with E-state index in [2.05, 4.69) is 11.2 Å². The lowest BCUT2D eigenvalue weighted by atomic mass is 9.97. The van der Waals surface area contributed by atoms with Crippen molar-refractivity contribution in [3.8, 4) is 0 Å². The highest BCUT2D eigenvalue weighted by molar-refractivity contribution is 7.99. The molecule has 0 radical (unpaired) electrons. The zero-order chi connectivity index (χ0) is 10.8. The molecule has 0 amide bonds. The second-order valence-electron chi connectivity index (χ2n) is 4.26.